The summed E-state index contributed by atoms with van der Waals surface area (Å²) in [5.41, 5.74) is 0. The SMILES string of the molecule is CN(C)C(=O)N1CCN(C(=O)CN2CCN(C(=O)C3CCCCC3)CC2)CC1. The molecule has 0 aromatic carbocycles. The van der Waals surface area contributed by atoms with Crippen LogP contribution in [0.2, 0.25) is 0 Å². The Kier molecular flexibility index (Phi) is 7.15. The van der Waals surface area contributed by atoms with Gasteiger partial charge in [0.15, 0.2) is 0 Å². The second kappa shape index (κ2) is 9.58. The fraction of sp³-hybridized carbons (Fsp3) is 0.850. The lowest BCUT2D eigenvalue weighted by atomic mass is 9.88. The summed E-state index contributed by atoms with van der Waals surface area (Å²) >= 11 is 0. The summed E-state index contributed by atoms with van der Waals surface area (Å²) in [4.78, 5) is 46.7. The van der Waals surface area contributed by atoms with E-state index in [0.717, 1.165) is 39.0 Å². The molecule has 0 unspecified atom stereocenters. The van der Waals surface area contributed by atoms with E-state index < -0.39 is 0 Å². The second-order valence-corrected chi connectivity index (χ2v) is 8.48. The number of carbonyl (C=O) groups excluding carboxylic acids is 3. The van der Waals surface area contributed by atoms with Gasteiger partial charge in [-0.05, 0) is 12.8 Å². The van der Waals surface area contributed by atoms with E-state index in [-0.39, 0.29) is 17.9 Å². The van der Waals surface area contributed by atoms with Crippen molar-refractivity contribution in [3.05, 3.63) is 0 Å². The number of urea groups is 1. The van der Waals surface area contributed by atoms with Crippen molar-refractivity contribution in [2.45, 2.75) is 32.1 Å². The van der Waals surface area contributed by atoms with E-state index in [1.54, 1.807) is 23.9 Å². The van der Waals surface area contributed by atoms with E-state index in [0.29, 0.717) is 38.6 Å². The molecule has 8 heteroatoms. The Labute approximate surface area is 168 Å². The van der Waals surface area contributed by atoms with Gasteiger partial charge in [0.05, 0.1) is 6.54 Å². The van der Waals surface area contributed by atoms with Gasteiger partial charge in [-0.1, -0.05) is 19.3 Å². The molecule has 0 spiro atoms. The van der Waals surface area contributed by atoms with Gasteiger partial charge in [-0.2, -0.15) is 0 Å². The highest BCUT2D eigenvalue weighted by molar-refractivity contribution is 5.80. The number of rotatable bonds is 3. The molecule has 158 valence electrons. The van der Waals surface area contributed by atoms with Crippen LogP contribution < -0.4 is 0 Å². The third kappa shape index (κ3) is 5.16. The fourth-order valence-electron chi connectivity index (χ4n) is 4.46. The zero-order valence-corrected chi connectivity index (χ0v) is 17.4. The summed E-state index contributed by atoms with van der Waals surface area (Å²) in [6.07, 6.45) is 5.70. The van der Waals surface area contributed by atoms with Gasteiger partial charge in [-0.25, -0.2) is 4.79 Å². The predicted molar refractivity (Wildman–Crippen MR) is 107 cm³/mol. The van der Waals surface area contributed by atoms with Gasteiger partial charge >= 0.3 is 6.03 Å². The van der Waals surface area contributed by atoms with E-state index in [1.807, 2.05) is 9.80 Å². The van der Waals surface area contributed by atoms with Gasteiger partial charge in [0.2, 0.25) is 11.8 Å². The molecule has 0 bridgehead atoms. The molecule has 0 atom stereocenters. The number of hydrogen-bond donors (Lipinski definition) is 0. The highest BCUT2D eigenvalue weighted by atomic mass is 16.2. The third-order valence-electron chi connectivity index (χ3n) is 6.28. The van der Waals surface area contributed by atoms with Crippen LogP contribution in [0.25, 0.3) is 0 Å². The minimum atomic E-state index is 0.00542. The quantitative estimate of drug-likeness (QED) is 0.702. The highest BCUT2D eigenvalue weighted by Crippen LogP contribution is 2.25. The number of nitrogens with zero attached hydrogens (tertiary/aromatic N) is 5. The number of carbonyl (C=O) groups is 3. The van der Waals surface area contributed by atoms with Crippen molar-refractivity contribution in [3.63, 3.8) is 0 Å². The first kappa shape index (κ1) is 20.9. The Morgan fingerprint density at radius 2 is 1.29 bits per heavy atom. The maximum absolute atomic E-state index is 12.7. The van der Waals surface area contributed by atoms with Gasteiger partial charge in [0, 0.05) is 72.4 Å². The second-order valence-electron chi connectivity index (χ2n) is 8.48. The van der Waals surface area contributed by atoms with E-state index in [1.165, 1.54) is 19.3 Å². The minimum absolute atomic E-state index is 0.00542. The van der Waals surface area contributed by atoms with Crippen molar-refractivity contribution in [1.29, 1.82) is 0 Å². The standard InChI is InChI=1S/C20H35N5O3/c1-21(2)20(28)25-14-12-23(13-15-25)18(26)16-22-8-10-24(11-9-22)19(27)17-6-4-3-5-7-17/h17H,3-16H2,1-2H3. The van der Waals surface area contributed by atoms with Gasteiger partial charge in [-0.15, -0.1) is 0 Å². The Bertz CT molecular complexity index is 560. The minimum Gasteiger partial charge on any atom is -0.340 e. The summed E-state index contributed by atoms with van der Waals surface area (Å²) < 4.78 is 0. The first-order valence-corrected chi connectivity index (χ1v) is 10.7. The van der Waals surface area contributed by atoms with Crippen LogP contribution in [0, 0.1) is 5.92 Å². The molecule has 1 aliphatic carbocycles. The largest absolute Gasteiger partial charge is 0.340 e. The molecule has 2 saturated heterocycles. The molecular formula is C20H35N5O3. The number of piperazine rings is 2. The van der Waals surface area contributed by atoms with E-state index in [9.17, 15) is 14.4 Å². The molecule has 8 nitrogen and oxygen atoms in total. The van der Waals surface area contributed by atoms with Crippen LogP contribution >= 0.6 is 0 Å². The summed E-state index contributed by atoms with van der Waals surface area (Å²) in [6, 6.07) is 0.00542. The molecular weight excluding hydrogens is 358 g/mol. The summed E-state index contributed by atoms with van der Waals surface area (Å²) in [7, 11) is 3.50. The van der Waals surface area contributed by atoms with Crippen LogP contribution in [0.1, 0.15) is 32.1 Å². The maximum atomic E-state index is 12.7. The molecule has 28 heavy (non-hydrogen) atoms. The first-order valence-electron chi connectivity index (χ1n) is 10.7. The van der Waals surface area contributed by atoms with Crippen LogP contribution in [0.5, 0.6) is 0 Å². The normalized spacial score (nSPS) is 22.3. The highest BCUT2D eigenvalue weighted by Gasteiger charge is 2.30. The molecule has 2 aliphatic heterocycles. The molecule has 4 amide bonds. The topological polar surface area (TPSA) is 67.4 Å². The van der Waals surface area contributed by atoms with Crippen molar-refractivity contribution >= 4 is 17.8 Å². The summed E-state index contributed by atoms with van der Waals surface area (Å²) in [6.45, 7) is 5.77. The molecule has 2 heterocycles. The lowest BCUT2D eigenvalue weighted by molar-refractivity contribution is -0.139. The van der Waals surface area contributed by atoms with Crippen LogP contribution in [-0.4, -0.2) is 115 Å². The van der Waals surface area contributed by atoms with Crippen LogP contribution in [0.15, 0.2) is 0 Å². The van der Waals surface area contributed by atoms with E-state index in [4.69, 9.17) is 0 Å². The molecule has 3 fully saturated rings. The van der Waals surface area contributed by atoms with Crippen molar-refractivity contribution in [2.24, 2.45) is 5.92 Å². The first-order chi connectivity index (χ1) is 13.5. The van der Waals surface area contributed by atoms with Gasteiger partial charge in [-0.3, -0.25) is 14.5 Å². The van der Waals surface area contributed by atoms with Crippen molar-refractivity contribution in [3.8, 4) is 0 Å². The average Bonchev–Trinajstić information content (AvgIpc) is 2.74. The zero-order valence-electron chi connectivity index (χ0n) is 17.4. The molecule has 0 N–H and O–H groups in total. The molecule has 0 aromatic rings. The maximum Gasteiger partial charge on any atom is 0.319 e. The summed E-state index contributed by atoms with van der Waals surface area (Å²) in [5.74, 6) is 0.680. The smallest absolute Gasteiger partial charge is 0.319 e. The monoisotopic (exact) mass is 393 g/mol. The van der Waals surface area contributed by atoms with E-state index in [2.05, 4.69) is 4.90 Å². The molecule has 3 rings (SSSR count). The Hall–Kier alpha value is -1.83. The van der Waals surface area contributed by atoms with Gasteiger partial charge in [0.25, 0.3) is 0 Å². The van der Waals surface area contributed by atoms with E-state index >= 15 is 0 Å². The van der Waals surface area contributed by atoms with Crippen molar-refractivity contribution in [2.75, 3.05) is 73.0 Å². The third-order valence-corrected chi connectivity index (χ3v) is 6.28. The van der Waals surface area contributed by atoms with Crippen molar-refractivity contribution < 1.29 is 14.4 Å². The van der Waals surface area contributed by atoms with Crippen LogP contribution in [-0.2, 0) is 9.59 Å². The predicted octanol–water partition coefficient (Wildman–Crippen LogP) is 0.537. The molecule has 0 aromatic heterocycles. The fourth-order valence-corrected chi connectivity index (χ4v) is 4.46. The van der Waals surface area contributed by atoms with Gasteiger partial charge < -0.3 is 19.6 Å². The number of hydrogen-bond acceptors (Lipinski definition) is 4. The van der Waals surface area contributed by atoms with Crippen LogP contribution in [0.4, 0.5) is 4.79 Å². The van der Waals surface area contributed by atoms with Gasteiger partial charge in [0.1, 0.15) is 0 Å². The number of amides is 4. The average molecular weight is 394 g/mol. The Balaban J connectivity index is 1.38. The molecule has 0 radical (unpaired) electrons. The zero-order chi connectivity index (χ0) is 20.1. The lowest BCUT2D eigenvalue weighted by Crippen LogP contribution is -2.56. The Morgan fingerprint density at radius 1 is 0.750 bits per heavy atom. The molecule has 3 aliphatic rings. The molecule has 1 saturated carbocycles. The Morgan fingerprint density at radius 3 is 1.86 bits per heavy atom. The van der Waals surface area contributed by atoms with Crippen LogP contribution in [0.3, 0.4) is 0 Å². The van der Waals surface area contributed by atoms with Crippen molar-refractivity contribution in [1.82, 2.24) is 24.5 Å². The lowest BCUT2D eigenvalue weighted by Gasteiger charge is -2.39. The summed E-state index contributed by atoms with van der Waals surface area (Å²) in [5, 5.41) is 0.